The molecule has 1 aliphatic heterocycles. The Hall–Kier alpha value is -9.71. The van der Waals surface area contributed by atoms with Crippen LogP contribution in [0, 0.1) is 0 Å². The van der Waals surface area contributed by atoms with Crippen molar-refractivity contribution in [3.8, 4) is 79.0 Å². The second-order valence-electron chi connectivity index (χ2n) is 20.7. The first-order valence-electron chi connectivity index (χ1n) is 26.2. The van der Waals surface area contributed by atoms with Crippen LogP contribution in [-0.4, -0.2) is 25.1 Å². The third-order valence-corrected chi connectivity index (χ3v) is 16.6. The lowest BCUT2D eigenvalue weighted by molar-refractivity contribution is 0.170. The molecule has 16 rings (SSSR count). The van der Waals surface area contributed by atoms with Crippen LogP contribution in [0.2, 0.25) is 0 Å². The summed E-state index contributed by atoms with van der Waals surface area (Å²) in [4.78, 5) is 16.4. The van der Waals surface area contributed by atoms with E-state index in [0.29, 0.717) is 23.9 Å². The number of hydrogen-bond donors (Lipinski definition) is 0. The SMILES string of the molecule is CC12CC=C(c3ccc4c(c3)c3ccccc3n4-c3ccccc3)C=C1c1c(cccc1-c1nc(-c3ccc(-c4ccccc4)cc3)nc(-c3ccc4c(c3)C3(c5ccccc5-c5ccccc53)c3ccccc3-4)n1)O2. The number of rotatable bonds is 6. The lowest BCUT2D eigenvalue weighted by Gasteiger charge is -2.30. The van der Waals surface area contributed by atoms with Crippen molar-refractivity contribution in [3.63, 3.8) is 0 Å². The van der Waals surface area contributed by atoms with Crippen LogP contribution in [0.25, 0.3) is 106 Å². The number of benzene rings is 10. The van der Waals surface area contributed by atoms with Gasteiger partial charge in [0.15, 0.2) is 17.5 Å². The number of allylic oxidation sites excluding steroid dienone is 2. The van der Waals surface area contributed by atoms with Gasteiger partial charge in [0.05, 0.1) is 16.4 Å². The Bertz CT molecular complexity index is 4410. The van der Waals surface area contributed by atoms with Gasteiger partial charge in [0, 0.05) is 50.7 Å². The molecule has 5 heteroatoms. The molecule has 356 valence electrons. The zero-order valence-electron chi connectivity index (χ0n) is 41.6. The summed E-state index contributed by atoms with van der Waals surface area (Å²) in [6.07, 6.45) is 5.39. The van der Waals surface area contributed by atoms with Crippen molar-refractivity contribution >= 4 is 33.0 Å². The summed E-state index contributed by atoms with van der Waals surface area (Å²) in [7, 11) is 0. The molecular weight excluding hydrogens is 925 g/mol. The van der Waals surface area contributed by atoms with Crippen molar-refractivity contribution in [2.75, 3.05) is 0 Å². The Morgan fingerprint density at radius 2 is 0.947 bits per heavy atom. The number of aromatic nitrogens is 4. The van der Waals surface area contributed by atoms with Crippen LogP contribution in [0.15, 0.2) is 249 Å². The summed E-state index contributed by atoms with van der Waals surface area (Å²) in [5.74, 6) is 2.64. The first-order valence-corrected chi connectivity index (χ1v) is 26.2. The van der Waals surface area contributed by atoms with Crippen LogP contribution in [0.1, 0.15) is 46.7 Å². The van der Waals surface area contributed by atoms with Crippen molar-refractivity contribution in [1.82, 2.24) is 19.5 Å². The zero-order valence-corrected chi connectivity index (χ0v) is 41.6. The fraction of sp³-hybridized carbons (Fsp3) is 0.0563. The van der Waals surface area contributed by atoms with E-state index in [-0.39, 0.29) is 0 Å². The standard InChI is InChI=1S/C71H46N4O/c1-70-40-39-48(47-36-38-64-57(41-47)55-24-11-15-29-63(55)75(64)50-19-6-3-7-20-50)42-62(70)66-56(25-16-30-65(66)76-70)69-73-67(46-33-31-45(32-34-46)44-17-4-2-5-18-44)72-68(74-69)49-35-37-54-53-23-10-14-28-60(53)71(61(54)43-49)58-26-12-8-21-51(58)52-22-9-13-27-59(52)71/h2-39,41-43H,40H2,1H3. The number of para-hydroxylation sites is 2. The van der Waals surface area contributed by atoms with Gasteiger partial charge in [-0.2, -0.15) is 0 Å². The molecule has 3 aliphatic carbocycles. The van der Waals surface area contributed by atoms with Gasteiger partial charge in [-0.15, -0.1) is 0 Å². The fourth-order valence-corrected chi connectivity index (χ4v) is 13.2. The second kappa shape index (κ2) is 16.1. The van der Waals surface area contributed by atoms with E-state index in [1.807, 2.05) is 0 Å². The Morgan fingerprint density at radius 1 is 0.408 bits per heavy atom. The predicted molar refractivity (Wildman–Crippen MR) is 308 cm³/mol. The van der Waals surface area contributed by atoms with E-state index in [1.165, 1.54) is 66.3 Å². The maximum atomic E-state index is 7.01. The summed E-state index contributed by atoms with van der Waals surface area (Å²) in [6, 6.07) is 85.3. The molecule has 0 N–H and O–H groups in total. The van der Waals surface area contributed by atoms with Crippen molar-refractivity contribution in [1.29, 1.82) is 0 Å². The highest BCUT2D eigenvalue weighted by molar-refractivity contribution is 6.11. The lowest BCUT2D eigenvalue weighted by Crippen LogP contribution is -2.30. The van der Waals surface area contributed by atoms with E-state index >= 15 is 0 Å². The molecule has 1 spiro atoms. The van der Waals surface area contributed by atoms with Gasteiger partial charge in [-0.05, 0) is 122 Å². The quantitative estimate of drug-likeness (QED) is 0.167. The molecule has 0 bridgehead atoms. The summed E-state index contributed by atoms with van der Waals surface area (Å²) in [5.41, 5.74) is 22.1. The first kappa shape index (κ1) is 42.8. The third kappa shape index (κ3) is 6.11. The zero-order chi connectivity index (χ0) is 50.1. The van der Waals surface area contributed by atoms with E-state index in [0.717, 1.165) is 61.5 Å². The molecule has 0 saturated carbocycles. The van der Waals surface area contributed by atoms with Crippen LogP contribution in [0.3, 0.4) is 0 Å². The van der Waals surface area contributed by atoms with Crippen molar-refractivity contribution in [2.24, 2.45) is 0 Å². The molecular formula is C71H46N4O. The largest absolute Gasteiger partial charge is 0.482 e. The predicted octanol–water partition coefficient (Wildman–Crippen LogP) is 17.0. The summed E-state index contributed by atoms with van der Waals surface area (Å²) in [6.45, 7) is 2.21. The van der Waals surface area contributed by atoms with Gasteiger partial charge in [0.2, 0.25) is 0 Å². The molecule has 76 heavy (non-hydrogen) atoms. The van der Waals surface area contributed by atoms with Gasteiger partial charge in [-0.1, -0.05) is 200 Å². The molecule has 0 amide bonds. The van der Waals surface area contributed by atoms with Crippen LogP contribution in [0.4, 0.5) is 0 Å². The van der Waals surface area contributed by atoms with Gasteiger partial charge >= 0.3 is 0 Å². The molecule has 0 fully saturated rings. The average Bonchev–Trinajstić information content (AvgIpc) is 4.28. The molecule has 0 radical (unpaired) electrons. The van der Waals surface area contributed by atoms with E-state index in [4.69, 9.17) is 19.7 Å². The van der Waals surface area contributed by atoms with Gasteiger partial charge in [-0.25, -0.2) is 15.0 Å². The van der Waals surface area contributed by atoms with E-state index in [2.05, 4.69) is 260 Å². The van der Waals surface area contributed by atoms with Crippen molar-refractivity contribution in [2.45, 2.75) is 24.4 Å². The Kier molecular flexibility index (Phi) is 9.08. The summed E-state index contributed by atoms with van der Waals surface area (Å²) in [5, 5.41) is 2.45. The monoisotopic (exact) mass is 970 g/mol. The minimum absolute atomic E-state index is 0.509. The highest BCUT2D eigenvalue weighted by Gasteiger charge is 2.51. The first-order chi connectivity index (χ1) is 37.5. The van der Waals surface area contributed by atoms with Gasteiger partial charge in [0.1, 0.15) is 11.4 Å². The van der Waals surface area contributed by atoms with E-state index in [1.54, 1.807) is 0 Å². The fourth-order valence-electron chi connectivity index (χ4n) is 13.2. The van der Waals surface area contributed by atoms with Gasteiger partial charge in [0.25, 0.3) is 0 Å². The Morgan fingerprint density at radius 3 is 1.67 bits per heavy atom. The third-order valence-electron chi connectivity index (χ3n) is 16.6. The van der Waals surface area contributed by atoms with Crippen LogP contribution in [-0.2, 0) is 5.41 Å². The topological polar surface area (TPSA) is 52.8 Å². The van der Waals surface area contributed by atoms with Crippen LogP contribution >= 0.6 is 0 Å². The number of hydrogen-bond acceptors (Lipinski definition) is 4. The Labute approximate surface area is 440 Å². The van der Waals surface area contributed by atoms with Crippen molar-refractivity contribution < 1.29 is 4.74 Å². The summed E-state index contributed by atoms with van der Waals surface area (Å²) >= 11 is 0. The maximum absolute atomic E-state index is 7.01. The van der Waals surface area contributed by atoms with Crippen LogP contribution in [0.5, 0.6) is 5.75 Å². The van der Waals surface area contributed by atoms with E-state index in [9.17, 15) is 0 Å². The number of ether oxygens (including phenoxy) is 1. The molecule has 1 unspecified atom stereocenters. The number of nitrogens with zero attached hydrogens (tertiary/aromatic N) is 4. The average molecular weight is 971 g/mol. The normalized spacial score (nSPS) is 16.1. The van der Waals surface area contributed by atoms with Gasteiger partial charge in [-0.3, -0.25) is 0 Å². The maximum Gasteiger partial charge on any atom is 0.164 e. The lowest BCUT2D eigenvalue weighted by atomic mass is 9.70. The van der Waals surface area contributed by atoms with Crippen molar-refractivity contribution in [3.05, 3.63) is 282 Å². The molecule has 0 saturated heterocycles. The molecule has 12 aromatic rings. The summed E-state index contributed by atoms with van der Waals surface area (Å²) < 4.78 is 9.38. The highest BCUT2D eigenvalue weighted by atomic mass is 16.5. The molecule has 10 aromatic carbocycles. The molecule has 1 atom stereocenters. The van der Waals surface area contributed by atoms with E-state index < -0.39 is 11.0 Å². The minimum atomic E-state index is -0.585. The molecule has 5 nitrogen and oxygen atoms in total. The molecule has 3 heterocycles. The highest BCUT2D eigenvalue weighted by Crippen LogP contribution is 2.63. The Balaban J connectivity index is 0.867. The second-order valence-corrected chi connectivity index (χ2v) is 20.7. The smallest absolute Gasteiger partial charge is 0.164 e. The minimum Gasteiger partial charge on any atom is -0.482 e. The van der Waals surface area contributed by atoms with Gasteiger partial charge < -0.3 is 9.30 Å². The molecule has 4 aliphatic rings. The molecule has 2 aromatic heterocycles. The number of fused-ring (bicyclic) bond motifs is 16. The van der Waals surface area contributed by atoms with Crippen LogP contribution < -0.4 is 4.74 Å².